The molecule has 0 aliphatic carbocycles. The second kappa shape index (κ2) is 7.79. The van der Waals surface area contributed by atoms with Crippen LogP contribution >= 0.6 is 0 Å². The van der Waals surface area contributed by atoms with E-state index in [-0.39, 0.29) is 6.67 Å². The average molecular weight is 339 g/mol. The maximum absolute atomic E-state index is 12.1. The van der Waals surface area contributed by atoms with Crippen LogP contribution in [0.3, 0.4) is 0 Å². The molecule has 3 rings (SSSR count). The first-order chi connectivity index (χ1) is 12.2. The van der Waals surface area contributed by atoms with Gasteiger partial charge in [-0.25, -0.2) is 4.68 Å². The summed E-state index contributed by atoms with van der Waals surface area (Å²) in [5.41, 5.74) is 3.86. The fourth-order valence-electron chi connectivity index (χ4n) is 2.39. The lowest BCUT2D eigenvalue weighted by Crippen LogP contribution is -2.07. The maximum atomic E-state index is 12.1. The zero-order valence-corrected chi connectivity index (χ0v) is 14.4. The quantitative estimate of drug-likeness (QED) is 0.615. The Morgan fingerprint density at radius 1 is 1.04 bits per heavy atom. The molecule has 1 aromatic heterocycles. The van der Waals surface area contributed by atoms with Crippen molar-refractivity contribution in [3.8, 4) is 22.7 Å². The van der Waals surface area contributed by atoms with Crippen LogP contribution in [0.5, 0.6) is 5.75 Å². The Balaban J connectivity index is 1.72. The van der Waals surface area contributed by atoms with Crippen molar-refractivity contribution >= 4 is 5.69 Å². The summed E-state index contributed by atoms with van der Waals surface area (Å²) in [5.74, 6) is 0.719. The van der Waals surface area contributed by atoms with E-state index in [0.717, 1.165) is 28.4 Å². The third-order valence-corrected chi connectivity index (χ3v) is 3.82. The fraction of sp³-hybridized carbons (Fsp3) is 0.263. The maximum Gasteiger partial charge on any atom is 0.119 e. The van der Waals surface area contributed by atoms with Gasteiger partial charge in [-0.2, -0.15) is 0 Å². The van der Waals surface area contributed by atoms with Crippen molar-refractivity contribution < 1.29 is 9.13 Å². The lowest BCUT2D eigenvalue weighted by atomic mass is 10.1. The minimum Gasteiger partial charge on any atom is -0.493 e. The Morgan fingerprint density at radius 2 is 1.76 bits per heavy atom. The van der Waals surface area contributed by atoms with Crippen molar-refractivity contribution in [1.29, 1.82) is 0 Å². The van der Waals surface area contributed by atoms with Crippen LogP contribution in [0.4, 0.5) is 10.1 Å². The smallest absolute Gasteiger partial charge is 0.119 e. The van der Waals surface area contributed by atoms with Crippen LogP contribution in [-0.4, -0.2) is 42.4 Å². The first kappa shape index (κ1) is 17.0. The summed E-state index contributed by atoms with van der Waals surface area (Å²) in [6, 6.07) is 15.7. The third kappa shape index (κ3) is 4.15. The van der Waals surface area contributed by atoms with Gasteiger partial charge in [0.25, 0.3) is 0 Å². The van der Waals surface area contributed by atoms with Gasteiger partial charge in [-0.3, -0.25) is 4.39 Å². The molecule has 130 valence electrons. The van der Waals surface area contributed by atoms with Crippen molar-refractivity contribution in [3.05, 3.63) is 54.7 Å². The van der Waals surface area contributed by atoms with Gasteiger partial charge in [0.15, 0.2) is 0 Å². The number of alkyl halides is 1. The minimum absolute atomic E-state index is 0.366. The lowest BCUT2D eigenvalue weighted by Gasteiger charge is -2.11. The molecule has 0 N–H and O–H groups in total. The van der Waals surface area contributed by atoms with Crippen LogP contribution in [0, 0.1) is 0 Å². The highest BCUT2D eigenvalue weighted by atomic mass is 18.2. The molecule has 3 aromatic rings. The van der Waals surface area contributed by atoms with E-state index in [1.54, 1.807) is 4.68 Å². The molecule has 0 bridgehead atoms. The van der Waals surface area contributed by atoms with E-state index in [0.29, 0.717) is 13.0 Å². The second-order valence-electron chi connectivity index (χ2n) is 5.87. The predicted octanol–water partition coefficient (Wildman–Crippen LogP) is 3.74. The van der Waals surface area contributed by atoms with Crippen LogP contribution in [-0.2, 0) is 0 Å². The Morgan fingerprint density at radius 3 is 2.40 bits per heavy atom. The monoisotopic (exact) mass is 339 g/mol. The number of rotatable bonds is 7. The number of aromatic nitrogens is 3. The number of ether oxygens (including phenoxy) is 1. The Kier molecular flexibility index (Phi) is 5.28. The molecule has 0 aliphatic rings. The predicted molar refractivity (Wildman–Crippen MR) is 97.2 cm³/mol. The van der Waals surface area contributed by atoms with Crippen LogP contribution in [0.25, 0.3) is 16.9 Å². The summed E-state index contributed by atoms with van der Waals surface area (Å²) in [7, 11) is 4.02. The molecule has 0 saturated carbocycles. The van der Waals surface area contributed by atoms with Crippen molar-refractivity contribution in [2.24, 2.45) is 0 Å². The molecule has 0 fully saturated rings. The Hall–Kier alpha value is -2.89. The number of anilines is 1. The van der Waals surface area contributed by atoms with Crippen molar-refractivity contribution in [3.63, 3.8) is 0 Å². The van der Waals surface area contributed by atoms with Gasteiger partial charge in [-0.05, 0) is 36.4 Å². The first-order valence-corrected chi connectivity index (χ1v) is 8.16. The van der Waals surface area contributed by atoms with Gasteiger partial charge in [0.1, 0.15) is 11.4 Å². The number of halogens is 1. The molecule has 0 radical (unpaired) electrons. The zero-order chi connectivity index (χ0) is 17.6. The minimum atomic E-state index is -0.366. The van der Waals surface area contributed by atoms with Gasteiger partial charge < -0.3 is 9.64 Å². The highest BCUT2D eigenvalue weighted by Crippen LogP contribution is 2.22. The molecule has 1 heterocycles. The van der Waals surface area contributed by atoms with E-state index < -0.39 is 0 Å². The second-order valence-corrected chi connectivity index (χ2v) is 5.87. The SMILES string of the molecule is CN(C)c1ccc(-c2cn(-c3ccc(OCCC[18F])cc3)nn2)cc1. The number of nitrogens with zero attached hydrogens (tertiary/aromatic N) is 4. The normalized spacial score (nSPS) is 10.7. The highest BCUT2D eigenvalue weighted by molar-refractivity contribution is 5.62. The molecule has 25 heavy (non-hydrogen) atoms. The molecular formula is C19H21FN4O. The highest BCUT2D eigenvalue weighted by Gasteiger charge is 2.06. The summed E-state index contributed by atoms with van der Waals surface area (Å²) >= 11 is 0. The van der Waals surface area contributed by atoms with Crippen LogP contribution in [0.2, 0.25) is 0 Å². The van der Waals surface area contributed by atoms with Crippen molar-refractivity contribution in [2.75, 3.05) is 32.3 Å². The van der Waals surface area contributed by atoms with Crippen LogP contribution < -0.4 is 9.64 Å². The molecule has 0 atom stereocenters. The number of benzene rings is 2. The summed E-state index contributed by atoms with van der Waals surface area (Å²) in [4.78, 5) is 2.05. The summed E-state index contributed by atoms with van der Waals surface area (Å²) in [6.45, 7) is 0.0155. The van der Waals surface area contributed by atoms with E-state index in [2.05, 4.69) is 27.3 Å². The van der Waals surface area contributed by atoms with Crippen LogP contribution in [0.15, 0.2) is 54.7 Å². The number of hydrogen-bond donors (Lipinski definition) is 0. The van der Waals surface area contributed by atoms with E-state index in [1.807, 2.05) is 56.7 Å². The molecule has 2 aromatic carbocycles. The molecule has 5 nitrogen and oxygen atoms in total. The zero-order valence-electron chi connectivity index (χ0n) is 14.4. The molecule has 0 amide bonds. The topological polar surface area (TPSA) is 43.2 Å². The van der Waals surface area contributed by atoms with Gasteiger partial charge in [0.05, 0.1) is 25.2 Å². The molecule has 6 heteroatoms. The number of hydrogen-bond acceptors (Lipinski definition) is 4. The average Bonchev–Trinajstić information content (AvgIpc) is 3.13. The Bertz CT molecular complexity index is 797. The van der Waals surface area contributed by atoms with Gasteiger partial charge in [0.2, 0.25) is 0 Å². The lowest BCUT2D eigenvalue weighted by molar-refractivity contribution is 0.289. The van der Waals surface area contributed by atoms with Crippen molar-refractivity contribution in [2.45, 2.75) is 6.42 Å². The summed E-state index contributed by atoms with van der Waals surface area (Å²) < 4.78 is 19.3. The fourth-order valence-corrected chi connectivity index (χ4v) is 2.39. The third-order valence-electron chi connectivity index (χ3n) is 3.82. The standard InChI is InChI=1S/C19H21FN4O/c1-23(2)16-6-4-15(5-7-16)19-14-24(22-21-19)17-8-10-18(11-9-17)25-13-3-12-20/h4-11,14H,3,12-13H2,1-2H3/i20-1. The Labute approximate surface area is 146 Å². The summed E-state index contributed by atoms with van der Waals surface area (Å²) in [6.07, 6.45) is 2.30. The largest absolute Gasteiger partial charge is 0.493 e. The van der Waals surface area contributed by atoms with Gasteiger partial charge in [-0.1, -0.05) is 17.3 Å². The molecule has 0 saturated heterocycles. The van der Waals surface area contributed by atoms with Crippen LogP contribution in [0.1, 0.15) is 6.42 Å². The summed E-state index contributed by atoms with van der Waals surface area (Å²) in [5, 5.41) is 8.44. The van der Waals surface area contributed by atoms with Gasteiger partial charge >= 0.3 is 0 Å². The first-order valence-electron chi connectivity index (χ1n) is 8.16. The molecule has 0 spiro atoms. The van der Waals surface area contributed by atoms with Crippen molar-refractivity contribution in [1.82, 2.24) is 15.0 Å². The molecule has 0 aliphatic heterocycles. The van der Waals surface area contributed by atoms with E-state index in [4.69, 9.17) is 4.74 Å². The van der Waals surface area contributed by atoms with E-state index in [1.165, 1.54) is 0 Å². The van der Waals surface area contributed by atoms with E-state index in [9.17, 15) is 4.39 Å². The van der Waals surface area contributed by atoms with Gasteiger partial charge in [-0.15, -0.1) is 5.10 Å². The van der Waals surface area contributed by atoms with E-state index >= 15 is 0 Å². The molecule has 0 unspecified atom stereocenters. The van der Waals surface area contributed by atoms with Gasteiger partial charge in [0, 0.05) is 31.8 Å². The molecular weight excluding hydrogens is 318 g/mol.